The molecular formula is C18H22O3. The molecular weight excluding hydrogens is 264 g/mol. The Morgan fingerprint density at radius 1 is 1.33 bits per heavy atom. The lowest BCUT2D eigenvalue weighted by atomic mass is 9.59. The van der Waals surface area contributed by atoms with Gasteiger partial charge in [-0.25, -0.2) is 0 Å². The molecule has 1 aromatic rings. The number of aliphatic hydroxyl groups is 1. The first-order valence-corrected chi connectivity index (χ1v) is 7.79. The van der Waals surface area contributed by atoms with E-state index in [1.165, 1.54) is 16.7 Å². The van der Waals surface area contributed by atoms with Crippen molar-refractivity contribution in [2.75, 3.05) is 20.3 Å². The lowest BCUT2D eigenvalue weighted by Gasteiger charge is -2.49. The van der Waals surface area contributed by atoms with Crippen LogP contribution in [0.3, 0.4) is 0 Å². The van der Waals surface area contributed by atoms with E-state index in [9.17, 15) is 5.11 Å². The van der Waals surface area contributed by atoms with E-state index >= 15 is 0 Å². The standard InChI is InChI=1S/C18H22O3/c1-11-8-14-17-12(4-3-5-16(17)20-2)6-7-18(14,19)15-10-21-9-13(11)15/h3-5,8,13-15,19H,6-7,9-10H2,1-2H3/t13-,14-,15-,18+/m1/s1. The summed E-state index contributed by atoms with van der Waals surface area (Å²) in [6.45, 7) is 3.60. The summed E-state index contributed by atoms with van der Waals surface area (Å²) in [5, 5.41) is 11.5. The normalized spacial score (nSPS) is 37.3. The second-order valence-corrected chi connectivity index (χ2v) is 6.66. The molecule has 0 bridgehead atoms. The molecule has 3 heteroatoms. The third-order valence-electron chi connectivity index (χ3n) is 5.76. The van der Waals surface area contributed by atoms with Gasteiger partial charge in [-0.15, -0.1) is 0 Å². The molecule has 1 aliphatic heterocycles. The van der Waals surface area contributed by atoms with Gasteiger partial charge in [0, 0.05) is 23.3 Å². The van der Waals surface area contributed by atoms with Gasteiger partial charge in [-0.3, -0.25) is 0 Å². The zero-order valence-corrected chi connectivity index (χ0v) is 12.6. The zero-order chi connectivity index (χ0) is 14.6. The van der Waals surface area contributed by atoms with Gasteiger partial charge in [0.2, 0.25) is 0 Å². The van der Waals surface area contributed by atoms with E-state index in [-0.39, 0.29) is 11.8 Å². The van der Waals surface area contributed by atoms with Crippen LogP contribution in [-0.4, -0.2) is 31.0 Å². The number of hydrogen-bond acceptors (Lipinski definition) is 3. The summed E-state index contributed by atoms with van der Waals surface area (Å²) in [6.07, 6.45) is 3.98. The molecule has 21 heavy (non-hydrogen) atoms. The molecule has 0 spiro atoms. The molecule has 1 heterocycles. The van der Waals surface area contributed by atoms with Crippen LogP contribution in [0, 0.1) is 11.8 Å². The van der Waals surface area contributed by atoms with Crippen molar-refractivity contribution in [1.29, 1.82) is 0 Å². The maximum absolute atomic E-state index is 11.5. The number of rotatable bonds is 1. The summed E-state index contributed by atoms with van der Waals surface area (Å²) < 4.78 is 11.3. The lowest BCUT2D eigenvalue weighted by Crippen LogP contribution is -2.51. The fourth-order valence-corrected chi connectivity index (χ4v) is 4.60. The molecule has 0 saturated carbocycles. The largest absolute Gasteiger partial charge is 0.496 e. The number of ether oxygens (including phenoxy) is 2. The van der Waals surface area contributed by atoms with Crippen molar-refractivity contribution in [3.63, 3.8) is 0 Å². The second-order valence-electron chi connectivity index (χ2n) is 6.66. The Morgan fingerprint density at radius 3 is 3.00 bits per heavy atom. The van der Waals surface area contributed by atoms with Crippen molar-refractivity contribution >= 4 is 0 Å². The summed E-state index contributed by atoms with van der Waals surface area (Å²) in [4.78, 5) is 0. The molecule has 3 aliphatic rings. The lowest BCUT2D eigenvalue weighted by molar-refractivity contribution is -0.0600. The van der Waals surface area contributed by atoms with Crippen LogP contribution in [0.15, 0.2) is 29.8 Å². The van der Waals surface area contributed by atoms with Crippen LogP contribution in [0.25, 0.3) is 0 Å². The Balaban J connectivity index is 1.90. The molecule has 1 aromatic carbocycles. The number of hydrogen-bond donors (Lipinski definition) is 1. The molecule has 1 saturated heterocycles. The van der Waals surface area contributed by atoms with Crippen LogP contribution in [0.1, 0.15) is 30.4 Å². The Morgan fingerprint density at radius 2 is 2.19 bits per heavy atom. The third-order valence-corrected chi connectivity index (χ3v) is 5.76. The highest BCUT2D eigenvalue weighted by Gasteiger charge is 2.54. The van der Waals surface area contributed by atoms with E-state index in [2.05, 4.69) is 19.1 Å². The molecule has 1 fully saturated rings. The fraction of sp³-hybridized carbons (Fsp3) is 0.556. The molecule has 0 unspecified atom stereocenters. The minimum absolute atomic E-state index is 0.0281. The van der Waals surface area contributed by atoms with Gasteiger partial charge < -0.3 is 14.6 Å². The van der Waals surface area contributed by atoms with Gasteiger partial charge in [-0.05, 0) is 31.4 Å². The van der Waals surface area contributed by atoms with E-state index in [4.69, 9.17) is 9.47 Å². The van der Waals surface area contributed by atoms with Gasteiger partial charge >= 0.3 is 0 Å². The van der Waals surface area contributed by atoms with Gasteiger partial charge in [0.1, 0.15) is 5.75 Å². The Bertz CT molecular complexity index is 592. The monoisotopic (exact) mass is 286 g/mol. The summed E-state index contributed by atoms with van der Waals surface area (Å²) in [5.74, 6) is 1.52. The zero-order valence-electron chi connectivity index (χ0n) is 12.6. The summed E-state index contributed by atoms with van der Waals surface area (Å²) in [5.41, 5.74) is 3.15. The summed E-state index contributed by atoms with van der Waals surface area (Å²) in [7, 11) is 1.71. The Labute approximate surface area is 125 Å². The van der Waals surface area contributed by atoms with Crippen molar-refractivity contribution in [2.24, 2.45) is 11.8 Å². The van der Waals surface area contributed by atoms with E-state index in [1.54, 1.807) is 7.11 Å². The molecule has 0 aromatic heterocycles. The first-order valence-electron chi connectivity index (χ1n) is 7.79. The van der Waals surface area contributed by atoms with Crippen molar-refractivity contribution in [2.45, 2.75) is 31.3 Å². The predicted octanol–water partition coefficient (Wildman–Crippen LogP) is 2.68. The third kappa shape index (κ3) is 1.74. The van der Waals surface area contributed by atoms with Crippen LogP contribution >= 0.6 is 0 Å². The topological polar surface area (TPSA) is 38.7 Å². The molecule has 1 N–H and O–H groups in total. The molecule has 0 radical (unpaired) electrons. The smallest absolute Gasteiger partial charge is 0.123 e. The summed E-state index contributed by atoms with van der Waals surface area (Å²) >= 11 is 0. The first-order chi connectivity index (χ1) is 10.1. The second kappa shape index (κ2) is 4.59. The minimum atomic E-state index is -0.692. The van der Waals surface area contributed by atoms with Gasteiger partial charge in [-0.2, -0.15) is 0 Å². The van der Waals surface area contributed by atoms with Crippen molar-refractivity contribution in [3.05, 3.63) is 41.0 Å². The molecule has 4 rings (SSSR count). The highest BCUT2D eigenvalue weighted by Crippen LogP contribution is 2.55. The van der Waals surface area contributed by atoms with Gasteiger partial charge in [0.15, 0.2) is 0 Å². The molecule has 2 aliphatic carbocycles. The van der Waals surface area contributed by atoms with Crippen LogP contribution in [0.4, 0.5) is 0 Å². The SMILES string of the molecule is COc1cccc2c1[C@H]1C=C(C)[C@H]3COC[C@H]3[C@]1(O)CC2. The van der Waals surface area contributed by atoms with E-state index in [0.29, 0.717) is 12.5 Å². The number of fused-ring (bicyclic) bond motifs is 5. The maximum atomic E-state index is 11.5. The van der Waals surface area contributed by atoms with E-state index in [0.717, 1.165) is 25.2 Å². The number of aryl methyl sites for hydroxylation is 1. The average Bonchev–Trinajstić information content (AvgIpc) is 2.99. The molecule has 0 amide bonds. The fourth-order valence-electron chi connectivity index (χ4n) is 4.60. The highest BCUT2D eigenvalue weighted by atomic mass is 16.5. The van der Waals surface area contributed by atoms with Gasteiger partial charge in [0.25, 0.3) is 0 Å². The Hall–Kier alpha value is -1.32. The maximum Gasteiger partial charge on any atom is 0.123 e. The van der Waals surface area contributed by atoms with E-state index < -0.39 is 5.60 Å². The van der Waals surface area contributed by atoms with Crippen LogP contribution in [-0.2, 0) is 11.2 Å². The van der Waals surface area contributed by atoms with Gasteiger partial charge in [-0.1, -0.05) is 23.8 Å². The quantitative estimate of drug-likeness (QED) is 0.807. The van der Waals surface area contributed by atoms with Crippen LogP contribution in [0.2, 0.25) is 0 Å². The van der Waals surface area contributed by atoms with Crippen LogP contribution < -0.4 is 4.74 Å². The van der Waals surface area contributed by atoms with Gasteiger partial charge in [0.05, 0.1) is 25.9 Å². The Kier molecular flexibility index (Phi) is 2.92. The van der Waals surface area contributed by atoms with E-state index in [1.807, 2.05) is 12.1 Å². The number of benzene rings is 1. The highest BCUT2D eigenvalue weighted by molar-refractivity contribution is 5.50. The number of methoxy groups -OCH3 is 1. The molecule has 112 valence electrons. The van der Waals surface area contributed by atoms with Crippen molar-refractivity contribution in [1.82, 2.24) is 0 Å². The van der Waals surface area contributed by atoms with Crippen molar-refractivity contribution in [3.8, 4) is 5.75 Å². The van der Waals surface area contributed by atoms with Crippen LogP contribution in [0.5, 0.6) is 5.75 Å². The minimum Gasteiger partial charge on any atom is -0.496 e. The summed E-state index contributed by atoms with van der Waals surface area (Å²) in [6, 6.07) is 6.21. The first kappa shape index (κ1) is 13.4. The van der Waals surface area contributed by atoms with Crippen molar-refractivity contribution < 1.29 is 14.6 Å². The predicted molar refractivity (Wildman–Crippen MR) is 80.6 cm³/mol. The molecule has 3 nitrogen and oxygen atoms in total. The average molecular weight is 286 g/mol. The molecule has 4 atom stereocenters.